The molecule has 0 rings (SSSR count). The molecule has 0 N–H and O–H groups in total. The fourth-order valence-corrected chi connectivity index (χ4v) is 0.921. The first-order valence-corrected chi connectivity index (χ1v) is 3.74. The zero-order chi connectivity index (χ0) is 8.85. The molecule has 0 aliphatic rings. The van der Waals surface area contributed by atoms with E-state index in [-0.39, 0.29) is 5.92 Å². The molecule has 5 heteroatoms. The maximum atomic E-state index is 10.6. The number of carbonyl (C=O) groups is 1. The van der Waals surface area contributed by atoms with Crippen LogP contribution in [0.5, 0.6) is 0 Å². The van der Waals surface area contributed by atoms with Crippen molar-refractivity contribution in [1.29, 1.82) is 0 Å². The Morgan fingerprint density at radius 2 is 2.36 bits per heavy atom. The van der Waals surface area contributed by atoms with E-state index >= 15 is 0 Å². The summed E-state index contributed by atoms with van der Waals surface area (Å²) in [5.74, 6) is 0.0101. The molecule has 0 saturated carbocycles. The van der Waals surface area contributed by atoms with Crippen molar-refractivity contribution < 1.29 is 4.79 Å². The number of nitrogens with zero attached hydrogens (tertiary/aromatic N) is 3. The largest absolute Gasteiger partial charge is 0.281 e. The Morgan fingerprint density at radius 3 is 2.64 bits per heavy atom. The molecular weight excluding hydrogens is 166 g/mol. The molecule has 0 fully saturated rings. The molecule has 0 amide bonds. The monoisotopic (exact) mass is 175 g/mol. The molecule has 0 aromatic heterocycles. The first kappa shape index (κ1) is 10.3. The summed E-state index contributed by atoms with van der Waals surface area (Å²) in [6.07, 6.45) is 0.766. The van der Waals surface area contributed by atoms with Crippen molar-refractivity contribution in [3.05, 3.63) is 10.4 Å². The standard InChI is InChI=1S/C6H10ClN3O/c1-3-4(2)5(6(7)11)9-10-8/h4-5H,3H2,1-2H3/t4-,5?/m0/s1. The second kappa shape index (κ2) is 4.99. The van der Waals surface area contributed by atoms with E-state index in [1.807, 2.05) is 13.8 Å². The second-order valence-corrected chi connectivity index (χ2v) is 2.71. The van der Waals surface area contributed by atoms with Gasteiger partial charge in [0.1, 0.15) is 6.04 Å². The summed E-state index contributed by atoms with van der Waals surface area (Å²) < 4.78 is 0. The van der Waals surface area contributed by atoms with Crippen molar-refractivity contribution in [2.24, 2.45) is 11.0 Å². The van der Waals surface area contributed by atoms with E-state index < -0.39 is 11.3 Å². The third-order valence-electron chi connectivity index (χ3n) is 1.59. The number of hydrogen-bond donors (Lipinski definition) is 0. The van der Waals surface area contributed by atoms with E-state index in [0.29, 0.717) is 0 Å². The highest BCUT2D eigenvalue weighted by Crippen LogP contribution is 2.14. The Hall–Kier alpha value is -0.730. The first-order valence-electron chi connectivity index (χ1n) is 3.37. The molecule has 0 spiro atoms. The van der Waals surface area contributed by atoms with Crippen LogP contribution >= 0.6 is 11.6 Å². The van der Waals surface area contributed by atoms with Crippen molar-refractivity contribution in [2.75, 3.05) is 0 Å². The van der Waals surface area contributed by atoms with Crippen LogP contribution in [-0.2, 0) is 4.79 Å². The summed E-state index contributed by atoms with van der Waals surface area (Å²) in [7, 11) is 0. The van der Waals surface area contributed by atoms with Gasteiger partial charge in [0.2, 0.25) is 5.24 Å². The predicted molar refractivity (Wildman–Crippen MR) is 43.2 cm³/mol. The van der Waals surface area contributed by atoms with Gasteiger partial charge in [0, 0.05) is 4.91 Å². The molecule has 62 valence electrons. The van der Waals surface area contributed by atoms with E-state index in [1.54, 1.807) is 0 Å². The van der Waals surface area contributed by atoms with Gasteiger partial charge in [-0.05, 0) is 23.0 Å². The molecule has 0 aromatic carbocycles. The van der Waals surface area contributed by atoms with E-state index in [0.717, 1.165) is 6.42 Å². The first-order chi connectivity index (χ1) is 5.13. The lowest BCUT2D eigenvalue weighted by atomic mass is 10.0. The highest BCUT2D eigenvalue weighted by atomic mass is 35.5. The highest BCUT2D eigenvalue weighted by Gasteiger charge is 2.20. The molecule has 4 nitrogen and oxygen atoms in total. The topological polar surface area (TPSA) is 65.8 Å². The fourth-order valence-electron chi connectivity index (χ4n) is 0.662. The lowest BCUT2D eigenvalue weighted by Crippen LogP contribution is -2.20. The van der Waals surface area contributed by atoms with Gasteiger partial charge in [-0.3, -0.25) is 4.79 Å². The minimum atomic E-state index is -0.716. The van der Waals surface area contributed by atoms with Crippen LogP contribution in [0.3, 0.4) is 0 Å². The Labute approximate surface area is 70.2 Å². The molecule has 2 atom stereocenters. The van der Waals surface area contributed by atoms with Crippen LogP contribution in [-0.4, -0.2) is 11.3 Å². The molecule has 0 radical (unpaired) electrons. The summed E-state index contributed by atoms with van der Waals surface area (Å²) in [4.78, 5) is 13.2. The molecule has 0 aliphatic heterocycles. The average Bonchev–Trinajstić information content (AvgIpc) is 1.98. The third-order valence-corrected chi connectivity index (χ3v) is 1.82. The number of rotatable bonds is 4. The maximum absolute atomic E-state index is 10.6. The maximum Gasteiger partial charge on any atom is 0.230 e. The Morgan fingerprint density at radius 1 is 1.82 bits per heavy atom. The quantitative estimate of drug-likeness (QED) is 0.280. The molecular formula is C6H10ClN3O. The molecule has 0 aromatic rings. The van der Waals surface area contributed by atoms with E-state index in [4.69, 9.17) is 17.1 Å². The van der Waals surface area contributed by atoms with Crippen LogP contribution in [0.25, 0.3) is 10.4 Å². The van der Waals surface area contributed by atoms with Gasteiger partial charge >= 0.3 is 0 Å². The Bertz CT molecular complexity index is 186. The van der Waals surface area contributed by atoms with E-state index in [1.165, 1.54) is 0 Å². The summed E-state index contributed by atoms with van der Waals surface area (Å²) in [5.41, 5.74) is 8.08. The van der Waals surface area contributed by atoms with Gasteiger partial charge in [-0.2, -0.15) is 0 Å². The minimum Gasteiger partial charge on any atom is -0.281 e. The van der Waals surface area contributed by atoms with Crippen LogP contribution in [0.4, 0.5) is 0 Å². The lowest BCUT2D eigenvalue weighted by Gasteiger charge is -2.11. The van der Waals surface area contributed by atoms with Gasteiger partial charge < -0.3 is 0 Å². The van der Waals surface area contributed by atoms with Crippen LogP contribution in [0.1, 0.15) is 20.3 Å². The van der Waals surface area contributed by atoms with Crippen LogP contribution in [0.15, 0.2) is 5.11 Å². The van der Waals surface area contributed by atoms with Crippen LogP contribution in [0, 0.1) is 5.92 Å². The lowest BCUT2D eigenvalue weighted by molar-refractivity contribution is -0.113. The second-order valence-electron chi connectivity index (χ2n) is 2.34. The number of azide groups is 1. The molecule has 0 bridgehead atoms. The van der Waals surface area contributed by atoms with E-state index in [2.05, 4.69) is 10.0 Å². The van der Waals surface area contributed by atoms with Gasteiger partial charge in [-0.15, -0.1) is 0 Å². The molecule has 11 heavy (non-hydrogen) atoms. The Balaban J connectivity index is 4.32. The third kappa shape index (κ3) is 3.25. The molecule has 0 saturated heterocycles. The SMILES string of the molecule is CC[C@H](C)C(N=[N+]=[N-])C(=O)Cl. The average molecular weight is 176 g/mol. The molecule has 1 unspecified atom stereocenters. The number of halogens is 1. The minimum absolute atomic E-state index is 0.0101. The van der Waals surface area contributed by atoms with Crippen molar-refractivity contribution in [2.45, 2.75) is 26.3 Å². The zero-order valence-corrected chi connectivity index (χ0v) is 7.25. The smallest absolute Gasteiger partial charge is 0.230 e. The van der Waals surface area contributed by atoms with Gasteiger partial charge in [-0.1, -0.05) is 25.4 Å². The molecule has 0 heterocycles. The highest BCUT2D eigenvalue weighted by molar-refractivity contribution is 6.64. The van der Waals surface area contributed by atoms with Crippen LogP contribution < -0.4 is 0 Å². The predicted octanol–water partition coefficient (Wildman–Crippen LogP) is 2.48. The van der Waals surface area contributed by atoms with Gasteiger partial charge in [0.05, 0.1) is 0 Å². The summed E-state index contributed by atoms with van der Waals surface area (Å²) >= 11 is 5.19. The van der Waals surface area contributed by atoms with Crippen molar-refractivity contribution in [3.63, 3.8) is 0 Å². The van der Waals surface area contributed by atoms with Crippen LogP contribution in [0.2, 0.25) is 0 Å². The normalized spacial score (nSPS) is 14.8. The Kier molecular flexibility index (Phi) is 4.66. The van der Waals surface area contributed by atoms with Crippen molar-refractivity contribution >= 4 is 16.8 Å². The summed E-state index contributed by atoms with van der Waals surface area (Å²) in [6.45, 7) is 3.73. The number of carbonyl (C=O) groups excluding carboxylic acids is 1. The summed E-state index contributed by atoms with van der Waals surface area (Å²) in [6, 6.07) is -0.716. The van der Waals surface area contributed by atoms with Crippen molar-refractivity contribution in [3.8, 4) is 0 Å². The number of hydrogen-bond acceptors (Lipinski definition) is 2. The van der Waals surface area contributed by atoms with Gasteiger partial charge in [0.15, 0.2) is 0 Å². The van der Waals surface area contributed by atoms with Gasteiger partial charge in [-0.25, -0.2) is 0 Å². The van der Waals surface area contributed by atoms with E-state index in [9.17, 15) is 4.79 Å². The molecule has 0 aliphatic carbocycles. The van der Waals surface area contributed by atoms with Crippen molar-refractivity contribution in [1.82, 2.24) is 0 Å². The van der Waals surface area contributed by atoms with Gasteiger partial charge in [0.25, 0.3) is 0 Å². The summed E-state index contributed by atoms with van der Waals surface area (Å²) in [5, 5.41) is 2.71. The zero-order valence-electron chi connectivity index (χ0n) is 6.49. The fraction of sp³-hybridized carbons (Fsp3) is 0.833.